The van der Waals surface area contributed by atoms with Gasteiger partial charge in [-0.15, -0.1) is 5.10 Å². The fraction of sp³-hybridized carbons (Fsp3) is 0.364. The second-order valence-electron chi connectivity index (χ2n) is 12.3. The number of halogens is 2. The molecular formula is C33H29F2N7O2. The van der Waals surface area contributed by atoms with Crippen LogP contribution in [0, 0.1) is 34.3 Å². The Kier molecular flexibility index (Phi) is 6.69. The van der Waals surface area contributed by atoms with Gasteiger partial charge in [0, 0.05) is 29.3 Å². The smallest absolute Gasteiger partial charge is 0.254 e. The van der Waals surface area contributed by atoms with Gasteiger partial charge in [0.2, 0.25) is 0 Å². The molecule has 1 aliphatic carbocycles. The summed E-state index contributed by atoms with van der Waals surface area (Å²) >= 11 is 0. The Morgan fingerprint density at radius 1 is 1.02 bits per heavy atom. The molecule has 3 aromatic carbocycles. The number of hydrogen-bond donors (Lipinski definition) is 2. The van der Waals surface area contributed by atoms with Gasteiger partial charge in [0.15, 0.2) is 5.82 Å². The molecule has 3 N–H and O–H groups in total. The van der Waals surface area contributed by atoms with Crippen molar-refractivity contribution in [1.82, 2.24) is 19.9 Å². The van der Waals surface area contributed by atoms with E-state index in [2.05, 4.69) is 10.3 Å². The van der Waals surface area contributed by atoms with Crippen LogP contribution in [0.15, 0.2) is 42.5 Å². The monoisotopic (exact) mass is 593 g/mol. The van der Waals surface area contributed by atoms with Gasteiger partial charge in [-0.2, -0.15) is 10.5 Å². The van der Waals surface area contributed by atoms with Crippen LogP contribution >= 0.6 is 0 Å². The van der Waals surface area contributed by atoms with E-state index in [0.717, 1.165) is 32.1 Å². The summed E-state index contributed by atoms with van der Waals surface area (Å²) in [6, 6.07) is 14.3. The Hall–Kier alpha value is -4.71. The number of carbonyl (C=O) groups is 1. The number of piperidine rings is 1. The number of carbonyl (C=O) groups excluding carboxylic acids is 1. The third kappa shape index (κ3) is 4.52. The number of amides is 1. The average molecular weight is 594 g/mol. The zero-order valence-corrected chi connectivity index (χ0v) is 23.8. The molecule has 3 atom stereocenters. The number of fused-ring (bicyclic) bond motifs is 3. The summed E-state index contributed by atoms with van der Waals surface area (Å²) in [7, 11) is 0. The van der Waals surface area contributed by atoms with E-state index >= 15 is 4.39 Å². The van der Waals surface area contributed by atoms with Crippen molar-refractivity contribution in [2.75, 3.05) is 0 Å². The zero-order valence-electron chi connectivity index (χ0n) is 23.8. The summed E-state index contributed by atoms with van der Waals surface area (Å²) in [5.41, 5.74) is 6.68. The molecule has 3 aliphatic rings. The van der Waals surface area contributed by atoms with Crippen LogP contribution in [0.2, 0.25) is 0 Å². The first-order valence-electron chi connectivity index (χ1n) is 14.8. The highest BCUT2D eigenvalue weighted by molar-refractivity contribution is 5.99. The minimum Gasteiger partial charge on any atom is -0.388 e. The van der Waals surface area contributed by atoms with Crippen molar-refractivity contribution in [2.45, 2.75) is 75.2 Å². The maximum absolute atomic E-state index is 16.3. The molecule has 222 valence electrons. The molecule has 2 saturated heterocycles. The third-order valence-electron chi connectivity index (χ3n) is 9.54. The van der Waals surface area contributed by atoms with Gasteiger partial charge in [0.1, 0.15) is 34.6 Å². The van der Waals surface area contributed by atoms with E-state index in [1.165, 1.54) is 22.9 Å². The fourth-order valence-electron chi connectivity index (χ4n) is 7.17. The van der Waals surface area contributed by atoms with Crippen molar-refractivity contribution >= 4 is 16.9 Å². The van der Waals surface area contributed by atoms with Crippen molar-refractivity contribution in [1.29, 1.82) is 10.5 Å². The van der Waals surface area contributed by atoms with Gasteiger partial charge in [0.25, 0.3) is 5.91 Å². The lowest BCUT2D eigenvalue weighted by Gasteiger charge is -2.38. The van der Waals surface area contributed by atoms with E-state index in [1.807, 2.05) is 11.0 Å². The van der Waals surface area contributed by atoms with Gasteiger partial charge in [-0.05, 0) is 92.0 Å². The number of aromatic nitrogens is 3. The van der Waals surface area contributed by atoms with E-state index in [0.29, 0.717) is 35.1 Å². The Bertz CT molecular complexity index is 1910. The van der Waals surface area contributed by atoms with E-state index in [1.54, 1.807) is 30.3 Å². The molecule has 3 heterocycles. The molecule has 1 aromatic heterocycles. The molecular weight excluding hydrogens is 564 g/mol. The van der Waals surface area contributed by atoms with Crippen LogP contribution in [0.4, 0.5) is 8.78 Å². The molecule has 11 heteroatoms. The van der Waals surface area contributed by atoms with Gasteiger partial charge < -0.3 is 15.7 Å². The van der Waals surface area contributed by atoms with Crippen LogP contribution in [0.5, 0.6) is 0 Å². The minimum atomic E-state index is -0.976. The molecule has 3 fully saturated rings. The average Bonchev–Trinajstić information content (AvgIpc) is 3.52. The number of benzene rings is 3. The number of nitrogens with zero attached hydrogens (tertiary/aromatic N) is 6. The minimum absolute atomic E-state index is 0.0336. The Labute approximate surface area is 252 Å². The summed E-state index contributed by atoms with van der Waals surface area (Å²) in [4.78, 5) is 15.8. The Morgan fingerprint density at radius 3 is 2.41 bits per heavy atom. The maximum atomic E-state index is 16.3. The van der Waals surface area contributed by atoms with Crippen LogP contribution in [-0.2, 0) is 6.54 Å². The molecule has 2 bridgehead atoms. The highest BCUT2D eigenvalue weighted by Crippen LogP contribution is 2.41. The molecule has 1 amide bonds. The summed E-state index contributed by atoms with van der Waals surface area (Å²) in [5.74, 6) is -1.74. The van der Waals surface area contributed by atoms with Crippen LogP contribution in [-0.4, -0.2) is 54.6 Å². The first-order chi connectivity index (χ1) is 21.2. The zero-order chi connectivity index (χ0) is 30.7. The lowest BCUT2D eigenvalue weighted by Crippen LogP contribution is -2.50. The lowest BCUT2D eigenvalue weighted by molar-refractivity contribution is -0.0492. The second-order valence-corrected chi connectivity index (χ2v) is 12.3. The second kappa shape index (κ2) is 10.5. The van der Waals surface area contributed by atoms with Gasteiger partial charge in [-0.1, -0.05) is 17.3 Å². The quantitative estimate of drug-likeness (QED) is 0.338. The topological polar surface area (TPSA) is 145 Å². The molecule has 9 nitrogen and oxygen atoms in total. The number of nitriles is 2. The molecule has 0 spiro atoms. The SMILES string of the molecule is N#Cc1ccc(-c2cc(C(=O)N3[C@@H]4CC[C@H]3C[C@@H](N)C4)ccc2-c2cc3nnn(CC4(O)CCC4)c3c(C#N)c2F)cc1F. The molecule has 1 saturated carbocycles. The summed E-state index contributed by atoms with van der Waals surface area (Å²) in [6.45, 7) is 0.0902. The van der Waals surface area contributed by atoms with Crippen LogP contribution in [0.3, 0.4) is 0 Å². The van der Waals surface area contributed by atoms with Crippen LogP contribution in [0.1, 0.15) is 66.4 Å². The molecule has 44 heavy (non-hydrogen) atoms. The van der Waals surface area contributed by atoms with Crippen molar-refractivity contribution in [3.8, 4) is 34.4 Å². The first-order valence-corrected chi connectivity index (χ1v) is 14.8. The molecule has 7 rings (SSSR count). The largest absolute Gasteiger partial charge is 0.388 e. The standard InChI is InChI=1S/C33H29F2N7O2/c34-28-11-18(2-3-20(28)15-36)25-10-19(32(43)42-22-5-6-23(42)13-21(38)12-22)4-7-24(25)26-14-29-31(27(16-37)30(26)35)41(40-39-29)17-33(44)8-1-9-33/h2-4,7,10-11,14,21-23,44H,1,5-6,8-9,12-13,17,38H2/t21-,22+,23-. The van der Waals surface area contributed by atoms with Crippen molar-refractivity contribution in [3.63, 3.8) is 0 Å². The predicted octanol–water partition coefficient (Wildman–Crippen LogP) is 4.80. The number of rotatable bonds is 5. The third-order valence-corrected chi connectivity index (χ3v) is 9.54. The number of nitrogens with two attached hydrogens (primary N) is 1. The van der Waals surface area contributed by atoms with E-state index < -0.39 is 17.2 Å². The van der Waals surface area contributed by atoms with Crippen molar-refractivity contribution < 1.29 is 18.7 Å². The maximum Gasteiger partial charge on any atom is 0.254 e. The molecule has 0 radical (unpaired) electrons. The van der Waals surface area contributed by atoms with Crippen LogP contribution in [0.25, 0.3) is 33.3 Å². The van der Waals surface area contributed by atoms with Crippen molar-refractivity contribution in [3.05, 3.63) is 70.8 Å². The Morgan fingerprint density at radius 2 is 1.77 bits per heavy atom. The summed E-state index contributed by atoms with van der Waals surface area (Å²) in [5, 5.41) is 38.3. The number of hydrogen-bond acceptors (Lipinski definition) is 7. The number of aliphatic hydroxyl groups is 1. The van der Waals surface area contributed by atoms with E-state index in [-0.39, 0.29) is 58.3 Å². The van der Waals surface area contributed by atoms with Gasteiger partial charge in [-0.25, -0.2) is 13.5 Å². The normalized spacial score (nSPS) is 22.0. The van der Waals surface area contributed by atoms with Gasteiger partial charge in [-0.3, -0.25) is 4.79 Å². The predicted molar refractivity (Wildman–Crippen MR) is 157 cm³/mol. The fourth-order valence-corrected chi connectivity index (χ4v) is 7.17. The highest BCUT2D eigenvalue weighted by Gasteiger charge is 2.42. The molecule has 0 unspecified atom stereocenters. The van der Waals surface area contributed by atoms with E-state index in [4.69, 9.17) is 5.73 Å². The lowest BCUT2D eigenvalue weighted by atomic mass is 9.80. The summed E-state index contributed by atoms with van der Waals surface area (Å²) in [6.07, 6.45) is 5.27. The van der Waals surface area contributed by atoms with Gasteiger partial charge >= 0.3 is 0 Å². The molecule has 2 aliphatic heterocycles. The van der Waals surface area contributed by atoms with Crippen LogP contribution < -0.4 is 5.73 Å². The van der Waals surface area contributed by atoms with Gasteiger partial charge in [0.05, 0.1) is 17.7 Å². The van der Waals surface area contributed by atoms with Crippen molar-refractivity contribution in [2.24, 2.45) is 5.73 Å². The molecule has 4 aromatic rings. The first kappa shape index (κ1) is 28.1. The van der Waals surface area contributed by atoms with E-state index in [9.17, 15) is 24.8 Å². The summed E-state index contributed by atoms with van der Waals surface area (Å²) < 4.78 is 32.6. The highest BCUT2D eigenvalue weighted by atomic mass is 19.1. The Balaban J connectivity index is 1.37.